The number of imide groups is 1. The smallest absolute Gasteiger partial charge is 0.282 e. The van der Waals surface area contributed by atoms with E-state index in [4.69, 9.17) is 16.3 Å². The van der Waals surface area contributed by atoms with Gasteiger partial charge < -0.3 is 10.1 Å². The maximum Gasteiger partial charge on any atom is 0.282 e. The van der Waals surface area contributed by atoms with Gasteiger partial charge in [0.05, 0.1) is 23.4 Å². The average Bonchev–Trinajstić information content (AvgIpc) is 3.00. The van der Waals surface area contributed by atoms with Crippen molar-refractivity contribution in [2.75, 3.05) is 17.3 Å². The zero-order chi connectivity index (χ0) is 21.3. The molecular formula is C24H19ClN2O3. The van der Waals surface area contributed by atoms with Crippen LogP contribution in [0.4, 0.5) is 11.4 Å². The second-order valence-electron chi connectivity index (χ2n) is 6.87. The summed E-state index contributed by atoms with van der Waals surface area (Å²) in [5.74, 6) is -0.237. The van der Waals surface area contributed by atoms with Gasteiger partial charge in [-0.1, -0.05) is 53.6 Å². The third kappa shape index (κ3) is 3.55. The summed E-state index contributed by atoms with van der Waals surface area (Å²) in [6, 6.07) is 21.4. The van der Waals surface area contributed by atoms with E-state index in [1.807, 2.05) is 31.2 Å². The van der Waals surface area contributed by atoms with E-state index >= 15 is 0 Å². The maximum atomic E-state index is 13.4. The molecule has 4 rings (SSSR count). The van der Waals surface area contributed by atoms with Crippen molar-refractivity contribution in [3.63, 3.8) is 0 Å². The molecule has 0 spiro atoms. The molecule has 1 aliphatic heterocycles. The normalized spacial score (nSPS) is 13.8. The number of amides is 2. The van der Waals surface area contributed by atoms with Crippen LogP contribution in [0.2, 0.25) is 5.02 Å². The summed E-state index contributed by atoms with van der Waals surface area (Å²) in [6.45, 7) is 1.98. The van der Waals surface area contributed by atoms with Crippen LogP contribution in [0.15, 0.2) is 78.5 Å². The number of nitrogens with one attached hydrogen (secondary N) is 1. The van der Waals surface area contributed by atoms with E-state index in [1.54, 1.807) is 55.6 Å². The molecule has 0 fully saturated rings. The molecular weight excluding hydrogens is 400 g/mol. The molecule has 0 saturated heterocycles. The largest absolute Gasteiger partial charge is 0.497 e. The molecule has 6 heteroatoms. The van der Waals surface area contributed by atoms with E-state index in [2.05, 4.69) is 5.32 Å². The highest BCUT2D eigenvalue weighted by atomic mass is 35.5. The number of nitrogens with zero attached hydrogens (tertiary/aromatic N) is 1. The number of rotatable bonds is 5. The van der Waals surface area contributed by atoms with Crippen molar-refractivity contribution in [1.29, 1.82) is 0 Å². The van der Waals surface area contributed by atoms with E-state index in [0.29, 0.717) is 27.7 Å². The Labute approximate surface area is 179 Å². The second kappa shape index (κ2) is 8.05. The molecule has 3 aromatic rings. The molecule has 30 heavy (non-hydrogen) atoms. The monoisotopic (exact) mass is 418 g/mol. The van der Waals surface area contributed by atoms with E-state index < -0.39 is 11.8 Å². The van der Waals surface area contributed by atoms with Crippen molar-refractivity contribution in [1.82, 2.24) is 0 Å². The molecule has 1 aliphatic rings. The Hall–Kier alpha value is -3.57. The molecule has 0 bridgehead atoms. The van der Waals surface area contributed by atoms with Crippen molar-refractivity contribution in [2.24, 2.45) is 0 Å². The predicted octanol–water partition coefficient (Wildman–Crippen LogP) is 5.05. The number of hydrogen-bond acceptors (Lipinski definition) is 4. The Bertz CT molecular complexity index is 1150. The van der Waals surface area contributed by atoms with Crippen molar-refractivity contribution < 1.29 is 14.3 Å². The Morgan fingerprint density at radius 2 is 1.53 bits per heavy atom. The minimum Gasteiger partial charge on any atom is -0.497 e. The van der Waals surface area contributed by atoms with Gasteiger partial charge in [0.25, 0.3) is 11.8 Å². The van der Waals surface area contributed by atoms with Gasteiger partial charge in [0.15, 0.2) is 0 Å². The first kappa shape index (κ1) is 19.7. The zero-order valence-electron chi connectivity index (χ0n) is 16.5. The Morgan fingerprint density at radius 1 is 0.867 bits per heavy atom. The van der Waals surface area contributed by atoms with Crippen molar-refractivity contribution >= 4 is 40.4 Å². The van der Waals surface area contributed by atoms with Gasteiger partial charge in [0.1, 0.15) is 11.4 Å². The number of carbonyl (C=O) groups excluding carboxylic acids is 2. The molecule has 2 amide bonds. The summed E-state index contributed by atoms with van der Waals surface area (Å²) in [7, 11) is 1.57. The fourth-order valence-electron chi connectivity index (χ4n) is 3.30. The minimum absolute atomic E-state index is 0.203. The van der Waals surface area contributed by atoms with Gasteiger partial charge in [-0.2, -0.15) is 0 Å². The summed E-state index contributed by atoms with van der Waals surface area (Å²) in [5.41, 5.74) is 3.25. The van der Waals surface area contributed by atoms with Crippen LogP contribution in [-0.4, -0.2) is 18.9 Å². The van der Waals surface area contributed by atoms with Crippen LogP contribution in [0, 0.1) is 6.92 Å². The summed E-state index contributed by atoms with van der Waals surface area (Å²) < 4.78 is 5.21. The number of halogens is 1. The fourth-order valence-corrected chi connectivity index (χ4v) is 3.52. The first-order valence-electron chi connectivity index (χ1n) is 9.35. The first-order chi connectivity index (χ1) is 14.5. The Kier molecular flexibility index (Phi) is 5.29. The molecule has 1 heterocycles. The molecule has 0 radical (unpaired) electrons. The molecule has 0 atom stereocenters. The standard InChI is InChI=1S/C24H19ClN2O3/c1-15-7-11-17(12-8-15)26-22-21(16-9-13-18(30-2)14-10-16)23(28)27(24(22)29)20-6-4-3-5-19(20)25/h3-14,26H,1-2H3. The summed E-state index contributed by atoms with van der Waals surface area (Å²) in [4.78, 5) is 27.9. The van der Waals surface area contributed by atoms with Crippen molar-refractivity contribution in [3.8, 4) is 5.75 Å². The highest BCUT2D eigenvalue weighted by Crippen LogP contribution is 2.37. The predicted molar refractivity (Wildman–Crippen MR) is 119 cm³/mol. The quantitative estimate of drug-likeness (QED) is 0.589. The highest BCUT2D eigenvalue weighted by molar-refractivity contribution is 6.48. The number of benzene rings is 3. The van der Waals surface area contributed by atoms with E-state index in [0.717, 1.165) is 10.5 Å². The zero-order valence-corrected chi connectivity index (χ0v) is 17.2. The van der Waals surface area contributed by atoms with Crippen molar-refractivity contribution in [2.45, 2.75) is 6.92 Å². The van der Waals surface area contributed by atoms with Crippen LogP contribution in [-0.2, 0) is 9.59 Å². The molecule has 150 valence electrons. The maximum absolute atomic E-state index is 13.4. The lowest BCUT2D eigenvalue weighted by Gasteiger charge is -2.16. The molecule has 0 aliphatic carbocycles. The van der Waals surface area contributed by atoms with E-state index in [1.165, 1.54) is 0 Å². The first-order valence-corrected chi connectivity index (χ1v) is 9.73. The molecule has 0 aromatic heterocycles. The number of hydrogen-bond donors (Lipinski definition) is 1. The SMILES string of the molecule is COc1ccc(C2=C(Nc3ccc(C)cc3)C(=O)N(c3ccccc3Cl)C2=O)cc1. The number of methoxy groups -OCH3 is 1. The molecule has 3 aromatic carbocycles. The van der Waals surface area contributed by atoms with E-state index in [9.17, 15) is 9.59 Å². The van der Waals surface area contributed by atoms with Gasteiger partial charge in [-0.15, -0.1) is 0 Å². The minimum atomic E-state index is -0.459. The Balaban J connectivity index is 1.82. The second-order valence-corrected chi connectivity index (χ2v) is 7.27. The van der Waals surface area contributed by atoms with E-state index in [-0.39, 0.29) is 11.3 Å². The Morgan fingerprint density at radius 3 is 2.17 bits per heavy atom. The van der Waals surface area contributed by atoms with Crippen LogP contribution >= 0.6 is 11.6 Å². The molecule has 0 saturated carbocycles. The number of ether oxygens (including phenoxy) is 1. The van der Waals surface area contributed by atoms with Crippen molar-refractivity contribution in [3.05, 3.63) is 94.6 Å². The van der Waals surface area contributed by atoms with Gasteiger partial charge in [0, 0.05) is 5.69 Å². The lowest BCUT2D eigenvalue weighted by molar-refractivity contribution is -0.120. The van der Waals surface area contributed by atoms with Crippen LogP contribution in [0.25, 0.3) is 5.57 Å². The van der Waals surface area contributed by atoms with Gasteiger partial charge in [-0.3, -0.25) is 9.59 Å². The topological polar surface area (TPSA) is 58.6 Å². The summed E-state index contributed by atoms with van der Waals surface area (Å²) >= 11 is 6.29. The van der Waals surface area contributed by atoms with Crippen LogP contribution < -0.4 is 15.0 Å². The van der Waals surface area contributed by atoms with Gasteiger partial charge >= 0.3 is 0 Å². The fraction of sp³-hybridized carbons (Fsp3) is 0.0833. The lowest BCUT2D eigenvalue weighted by atomic mass is 10.0. The third-order valence-electron chi connectivity index (χ3n) is 4.88. The van der Waals surface area contributed by atoms with Gasteiger partial charge in [0.2, 0.25) is 0 Å². The summed E-state index contributed by atoms with van der Waals surface area (Å²) in [5, 5.41) is 3.46. The number of aryl methyl sites for hydroxylation is 1. The average molecular weight is 419 g/mol. The van der Waals surface area contributed by atoms with Gasteiger partial charge in [-0.25, -0.2) is 4.90 Å². The van der Waals surface area contributed by atoms with Crippen LogP contribution in [0.5, 0.6) is 5.75 Å². The highest BCUT2D eigenvalue weighted by Gasteiger charge is 2.41. The van der Waals surface area contributed by atoms with Crippen LogP contribution in [0.3, 0.4) is 0 Å². The molecule has 5 nitrogen and oxygen atoms in total. The third-order valence-corrected chi connectivity index (χ3v) is 5.20. The molecule has 1 N–H and O–H groups in total. The number of carbonyl (C=O) groups is 2. The number of anilines is 2. The lowest BCUT2D eigenvalue weighted by Crippen LogP contribution is -2.32. The molecule has 0 unspecified atom stereocenters. The number of para-hydroxylation sites is 1. The van der Waals surface area contributed by atoms with Gasteiger partial charge in [-0.05, 0) is 48.9 Å². The summed E-state index contributed by atoms with van der Waals surface area (Å²) in [6.07, 6.45) is 0. The van der Waals surface area contributed by atoms with Crippen LogP contribution in [0.1, 0.15) is 11.1 Å².